The zero-order chi connectivity index (χ0) is 21.6. The molecule has 0 radical (unpaired) electrons. The van der Waals surface area contributed by atoms with Crippen molar-refractivity contribution < 1.29 is 19.4 Å². The summed E-state index contributed by atoms with van der Waals surface area (Å²) < 4.78 is 5.61. The van der Waals surface area contributed by atoms with Gasteiger partial charge in [0, 0.05) is 17.5 Å². The zero-order valence-corrected chi connectivity index (χ0v) is 19.1. The molecule has 0 fully saturated rings. The van der Waals surface area contributed by atoms with E-state index in [9.17, 15) is 19.8 Å². The van der Waals surface area contributed by atoms with Crippen molar-refractivity contribution in [1.29, 1.82) is 0 Å². The third kappa shape index (κ3) is 6.47. The lowest BCUT2D eigenvalue weighted by Gasteiger charge is -2.18. The monoisotopic (exact) mass is 439 g/mol. The number of carboxylic acids is 1. The van der Waals surface area contributed by atoms with E-state index in [2.05, 4.69) is 12.2 Å². The smallest absolute Gasteiger partial charge is 0.339 e. The second-order valence-electron chi connectivity index (χ2n) is 8.14. The van der Waals surface area contributed by atoms with E-state index in [-0.39, 0.29) is 36.2 Å². The highest BCUT2D eigenvalue weighted by Gasteiger charge is 2.21. The lowest BCUT2D eigenvalue weighted by molar-refractivity contribution is -0.140. The van der Waals surface area contributed by atoms with Crippen molar-refractivity contribution in [3.63, 3.8) is 0 Å². The summed E-state index contributed by atoms with van der Waals surface area (Å²) in [6.45, 7) is 8.06. The van der Waals surface area contributed by atoms with Crippen LogP contribution in [0.25, 0.3) is 11.0 Å². The van der Waals surface area contributed by atoms with Crippen molar-refractivity contribution in [1.82, 2.24) is 5.32 Å². The number of nitrogens with one attached hydrogen (secondary N) is 1. The van der Waals surface area contributed by atoms with Gasteiger partial charge in [0.1, 0.15) is 17.4 Å². The molecule has 2 rings (SSSR count). The van der Waals surface area contributed by atoms with Gasteiger partial charge in [-0.3, -0.25) is 4.79 Å². The Morgan fingerprint density at radius 1 is 1.17 bits per heavy atom. The maximum Gasteiger partial charge on any atom is 0.339 e. The van der Waals surface area contributed by atoms with E-state index in [0.29, 0.717) is 29.6 Å². The minimum Gasteiger partial charge on any atom is -0.507 e. The molecule has 1 heterocycles. The average molecular weight is 440 g/mol. The number of aromatic hydroxyl groups is 1. The lowest BCUT2D eigenvalue weighted by Crippen LogP contribution is -2.37. The van der Waals surface area contributed by atoms with Gasteiger partial charge < -0.3 is 19.9 Å². The number of rotatable bonds is 11. The van der Waals surface area contributed by atoms with Gasteiger partial charge in [-0.15, -0.1) is 12.4 Å². The molecule has 0 aliphatic carbocycles. The zero-order valence-electron chi connectivity index (χ0n) is 18.3. The maximum absolute atomic E-state index is 12.6. The van der Waals surface area contributed by atoms with E-state index in [1.807, 2.05) is 20.8 Å². The molecule has 6 nitrogen and oxygen atoms in total. The summed E-state index contributed by atoms with van der Waals surface area (Å²) in [7, 11) is 0. The van der Waals surface area contributed by atoms with Gasteiger partial charge in [-0.1, -0.05) is 40.0 Å². The number of phenolic OH excluding ortho intramolecular Hbond substituents is 1. The number of hydrogen-bond donors (Lipinski definition) is 3. The van der Waals surface area contributed by atoms with Crippen molar-refractivity contribution in [2.45, 2.75) is 78.8 Å². The van der Waals surface area contributed by atoms with E-state index in [1.165, 1.54) is 0 Å². The molecule has 168 valence electrons. The Morgan fingerprint density at radius 3 is 2.47 bits per heavy atom. The number of unbranched alkanes of at least 4 members (excludes halogenated alkanes) is 3. The van der Waals surface area contributed by atoms with Crippen LogP contribution in [0.3, 0.4) is 0 Å². The first-order valence-electron chi connectivity index (χ1n) is 10.5. The Balaban J connectivity index is 0.00000450. The van der Waals surface area contributed by atoms with Crippen LogP contribution in [-0.4, -0.2) is 22.2 Å². The van der Waals surface area contributed by atoms with Crippen LogP contribution in [0.15, 0.2) is 21.3 Å². The van der Waals surface area contributed by atoms with Crippen LogP contribution in [-0.2, 0) is 17.8 Å². The normalized spacial score (nSPS) is 12.2. The van der Waals surface area contributed by atoms with Gasteiger partial charge in [0.25, 0.3) is 0 Å². The number of phenols is 1. The number of halogens is 1. The summed E-state index contributed by atoms with van der Waals surface area (Å²) >= 11 is 0. The summed E-state index contributed by atoms with van der Waals surface area (Å²) in [6, 6.07) is 2.59. The lowest BCUT2D eigenvalue weighted by atomic mass is 9.98. The van der Waals surface area contributed by atoms with Gasteiger partial charge in [0.15, 0.2) is 0 Å². The average Bonchev–Trinajstić information content (AvgIpc) is 2.65. The quantitative estimate of drug-likeness (QED) is 0.338. The fraction of sp³-hybridized carbons (Fsp3) is 0.565. The fourth-order valence-corrected chi connectivity index (χ4v) is 3.66. The number of carbonyl (C=O) groups is 1. The first-order chi connectivity index (χ1) is 13.8. The van der Waals surface area contributed by atoms with E-state index >= 15 is 0 Å². The third-order valence-electron chi connectivity index (χ3n) is 5.34. The molecule has 3 N–H and O–H groups in total. The molecule has 2 aromatic rings. The van der Waals surface area contributed by atoms with Crippen molar-refractivity contribution in [3.8, 4) is 5.75 Å². The molecular formula is C23H34ClNO5. The molecular weight excluding hydrogens is 406 g/mol. The first-order valence-corrected chi connectivity index (χ1v) is 10.5. The molecule has 0 unspecified atom stereocenters. The highest BCUT2D eigenvalue weighted by molar-refractivity contribution is 5.86. The Hall–Kier alpha value is -2.05. The Morgan fingerprint density at radius 2 is 1.87 bits per heavy atom. The molecule has 1 aromatic heterocycles. The van der Waals surface area contributed by atoms with E-state index < -0.39 is 12.0 Å². The summed E-state index contributed by atoms with van der Waals surface area (Å²) in [4.78, 5) is 24.1. The van der Waals surface area contributed by atoms with Crippen LogP contribution in [0.5, 0.6) is 5.75 Å². The van der Waals surface area contributed by atoms with Gasteiger partial charge in [0.05, 0.1) is 5.56 Å². The molecule has 1 atom stereocenters. The largest absolute Gasteiger partial charge is 0.507 e. The second kappa shape index (κ2) is 12.0. The highest BCUT2D eigenvalue weighted by Crippen LogP contribution is 2.30. The Labute approximate surface area is 184 Å². The standard InChI is InChI=1S/C23H33NO5.ClH/c1-5-6-7-8-9-17-15(4)16-10-11-20(25)18(21(16)29-23(17)28)13-24-19(22(26)27)12-14(2)3;/h10-11,14,19,24-25H,5-9,12-13H2,1-4H3,(H,26,27);1H/t19-;/m0./s1. The Kier molecular flexibility index (Phi) is 10.4. The van der Waals surface area contributed by atoms with Gasteiger partial charge in [0.2, 0.25) is 0 Å². The molecule has 0 bridgehead atoms. The summed E-state index contributed by atoms with van der Waals surface area (Å²) in [5.41, 5.74) is 1.91. The van der Waals surface area contributed by atoms with Crippen molar-refractivity contribution in [2.75, 3.05) is 0 Å². The van der Waals surface area contributed by atoms with Crippen LogP contribution in [0, 0.1) is 12.8 Å². The number of fused-ring (bicyclic) bond motifs is 1. The highest BCUT2D eigenvalue weighted by atomic mass is 35.5. The number of carboxylic acid groups (broad SMARTS) is 1. The van der Waals surface area contributed by atoms with Gasteiger partial charge in [-0.2, -0.15) is 0 Å². The molecule has 1 aromatic carbocycles. The number of hydrogen-bond acceptors (Lipinski definition) is 5. The number of aliphatic carboxylic acids is 1. The summed E-state index contributed by atoms with van der Waals surface area (Å²) in [6.07, 6.45) is 5.43. The van der Waals surface area contributed by atoms with E-state index in [1.54, 1.807) is 12.1 Å². The topological polar surface area (TPSA) is 99.8 Å². The van der Waals surface area contributed by atoms with Crippen LogP contribution < -0.4 is 10.9 Å². The SMILES string of the molecule is CCCCCCc1c(C)c2ccc(O)c(CN[C@@H](CC(C)C)C(=O)O)c2oc1=O.Cl. The van der Waals surface area contributed by atoms with E-state index in [4.69, 9.17) is 4.42 Å². The summed E-state index contributed by atoms with van der Waals surface area (Å²) in [5, 5.41) is 23.5. The predicted octanol–water partition coefficient (Wildman–Crippen LogP) is 4.94. The molecule has 30 heavy (non-hydrogen) atoms. The molecule has 0 aliphatic heterocycles. The van der Waals surface area contributed by atoms with Gasteiger partial charge in [-0.25, -0.2) is 4.79 Å². The molecule has 0 aliphatic rings. The van der Waals surface area contributed by atoms with Crippen molar-refractivity contribution >= 4 is 29.3 Å². The molecule has 0 saturated carbocycles. The van der Waals surface area contributed by atoms with Crippen LogP contribution >= 0.6 is 12.4 Å². The van der Waals surface area contributed by atoms with Crippen molar-refractivity contribution in [3.05, 3.63) is 39.2 Å². The molecule has 0 spiro atoms. The first kappa shape index (κ1) is 26.0. The Bertz CT molecular complexity index is 907. The third-order valence-corrected chi connectivity index (χ3v) is 5.34. The van der Waals surface area contributed by atoms with Crippen LogP contribution in [0.4, 0.5) is 0 Å². The van der Waals surface area contributed by atoms with Gasteiger partial charge >= 0.3 is 11.6 Å². The summed E-state index contributed by atoms with van der Waals surface area (Å²) in [5.74, 6) is -0.748. The van der Waals surface area contributed by atoms with Crippen LogP contribution in [0.2, 0.25) is 0 Å². The number of aryl methyl sites for hydroxylation is 1. The number of benzene rings is 1. The van der Waals surface area contributed by atoms with Gasteiger partial charge in [-0.05, 0) is 49.8 Å². The minimum atomic E-state index is -0.939. The van der Waals surface area contributed by atoms with Crippen molar-refractivity contribution in [2.24, 2.45) is 5.92 Å². The van der Waals surface area contributed by atoms with E-state index in [0.717, 1.165) is 36.6 Å². The molecule has 0 amide bonds. The fourth-order valence-electron chi connectivity index (χ4n) is 3.66. The predicted molar refractivity (Wildman–Crippen MR) is 122 cm³/mol. The maximum atomic E-state index is 12.6. The molecule has 7 heteroatoms. The second-order valence-corrected chi connectivity index (χ2v) is 8.14. The minimum absolute atomic E-state index is 0. The molecule has 0 saturated heterocycles. The van der Waals surface area contributed by atoms with Crippen LogP contribution in [0.1, 0.15) is 69.6 Å².